The van der Waals surface area contributed by atoms with Gasteiger partial charge in [0, 0.05) is 29.8 Å². The summed E-state index contributed by atoms with van der Waals surface area (Å²) in [6.07, 6.45) is 2.95. The highest BCUT2D eigenvalue weighted by molar-refractivity contribution is 8.00. The lowest BCUT2D eigenvalue weighted by molar-refractivity contribution is 0.276. The van der Waals surface area contributed by atoms with E-state index in [1.54, 1.807) is 6.20 Å². The van der Waals surface area contributed by atoms with Crippen LogP contribution < -0.4 is 5.73 Å². The molecular weight excluding hydrogens is 256 g/mol. The van der Waals surface area contributed by atoms with E-state index >= 15 is 0 Å². The third kappa shape index (κ3) is 4.21. The van der Waals surface area contributed by atoms with Gasteiger partial charge in [0.15, 0.2) is 0 Å². The summed E-state index contributed by atoms with van der Waals surface area (Å²) in [7, 11) is 0. The lowest BCUT2D eigenvalue weighted by Crippen LogP contribution is -2.27. The Morgan fingerprint density at radius 2 is 2.32 bits per heavy atom. The summed E-state index contributed by atoms with van der Waals surface area (Å²) < 4.78 is 0.386. The SMILES string of the molecule is CC1(C)CCN(Cc2ccnc(C(=N)N)c2)CCS1. The van der Waals surface area contributed by atoms with Crippen LogP contribution in [0.2, 0.25) is 0 Å². The highest BCUT2D eigenvalue weighted by Crippen LogP contribution is 2.30. The molecule has 1 fully saturated rings. The Bertz CT molecular complexity index is 459. The quantitative estimate of drug-likeness (QED) is 0.656. The molecule has 1 aliphatic heterocycles. The van der Waals surface area contributed by atoms with Gasteiger partial charge in [-0.1, -0.05) is 13.8 Å². The second kappa shape index (κ2) is 5.92. The lowest BCUT2D eigenvalue weighted by atomic mass is 10.1. The van der Waals surface area contributed by atoms with Gasteiger partial charge in [0.05, 0.1) is 0 Å². The number of hydrogen-bond acceptors (Lipinski definition) is 4. The van der Waals surface area contributed by atoms with Crippen molar-refractivity contribution in [2.45, 2.75) is 31.6 Å². The maximum absolute atomic E-state index is 7.44. The normalized spacial score (nSPS) is 19.9. The molecule has 4 nitrogen and oxygen atoms in total. The van der Waals surface area contributed by atoms with E-state index in [1.807, 2.05) is 12.1 Å². The zero-order valence-corrected chi connectivity index (χ0v) is 12.5. The summed E-state index contributed by atoms with van der Waals surface area (Å²) >= 11 is 2.06. The smallest absolute Gasteiger partial charge is 0.141 e. The zero-order valence-electron chi connectivity index (χ0n) is 11.6. The predicted octanol–water partition coefficient (Wildman–Crippen LogP) is 2.08. The van der Waals surface area contributed by atoms with Crippen LogP contribution in [0.3, 0.4) is 0 Å². The summed E-state index contributed by atoms with van der Waals surface area (Å²) in [5.41, 5.74) is 7.24. The average molecular weight is 278 g/mol. The first-order valence-electron chi connectivity index (χ1n) is 6.62. The van der Waals surface area contributed by atoms with Gasteiger partial charge in [-0.25, -0.2) is 0 Å². The standard InChI is InChI=1S/C14H22N4S/c1-14(2)4-6-18(7-8-19-14)10-11-3-5-17-12(9-11)13(15)16/h3,5,9H,4,6-8,10H2,1-2H3,(H3,15,16). The van der Waals surface area contributed by atoms with Crippen molar-refractivity contribution in [3.63, 3.8) is 0 Å². The Kier molecular flexibility index (Phi) is 4.47. The first-order valence-corrected chi connectivity index (χ1v) is 7.60. The molecule has 1 saturated heterocycles. The first kappa shape index (κ1) is 14.3. The monoisotopic (exact) mass is 278 g/mol. The molecule has 2 heterocycles. The van der Waals surface area contributed by atoms with Gasteiger partial charge in [0.25, 0.3) is 0 Å². The van der Waals surface area contributed by atoms with Crippen LogP contribution in [0, 0.1) is 5.41 Å². The molecule has 1 aliphatic rings. The van der Waals surface area contributed by atoms with E-state index in [0.29, 0.717) is 10.4 Å². The minimum absolute atomic E-state index is 0.0365. The number of amidine groups is 1. The fraction of sp³-hybridized carbons (Fsp3) is 0.571. The fourth-order valence-corrected chi connectivity index (χ4v) is 3.34. The molecule has 1 aromatic rings. The van der Waals surface area contributed by atoms with Crippen LogP contribution >= 0.6 is 11.8 Å². The Hall–Kier alpha value is -1.07. The molecule has 0 bridgehead atoms. The molecule has 0 amide bonds. The number of nitrogens with zero attached hydrogens (tertiary/aromatic N) is 2. The molecule has 0 unspecified atom stereocenters. The zero-order chi connectivity index (χ0) is 13.9. The summed E-state index contributed by atoms with van der Waals surface area (Å²) in [6, 6.07) is 3.93. The number of aromatic nitrogens is 1. The number of rotatable bonds is 3. The van der Waals surface area contributed by atoms with Crippen molar-refractivity contribution in [3.05, 3.63) is 29.6 Å². The summed E-state index contributed by atoms with van der Waals surface area (Å²) in [5, 5.41) is 7.44. The molecule has 0 aromatic carbocycles. The van der Waals surface area contributed by atoms with Gasteiger partial charge < -0.3 is 5.73 Å². The average Bonchev–Trinajstić information content (AvgIpc) is 2.51. The molecule has 2 rings (SSSR count). The van der Waals surface area contributed by atoms with Crippen molar-refractivity contribution in [3.8, 4) is 0 Å². The summed E-state index contributed by atoms with van der Waals surface area (Å²) in [6.45, 7) is 7.80. The van der Waals surface area contributed by atoms with Crippen LogP contribution in [0.4, 0.5) is 0 Å². The van der Waals surface area contributed by atoms with Crippen LogP contribution in [0.1, 0.15) is 31.5 Å². The van der Waals surface area contributed by atoms with Gasteiger partial charge in [0.1, 0.15) is 11.5 Å². The van der Waals surface area contributed by atoms with Gasteiger partial charge in [-0.05, 0) is 30.7 Å². The highest BCUT2D eigenvalue weighted by Gasteiger charge is 2.23. The molecule has 104 valence electrons. The molecule has 0 spiro atoms. The third-order valence-electron chi connectivity index (χ3n) is 3.44. The van der Waals surface area contributed by atoms with Crippen molar-refractivity contribution >= 4 is 17.6 Å². The lowest BCUT2D eigenvalue weighted by Gasteiger charge is -2.22. The van der Waals surface area contributed by atoms with Crippen molar-refractivity contribution in [1.29, 1.82) is 5.41 Å². The molecule has 1 aromatic heterocycles. The van der Waals surface area contributed by atoms with E-state index in [4.69, 9.17) is 11.1 Å². The van der Waals surface area contributed by atoms with Gasteiger partial charge in [-0.3, -0.25) is 15.3 Å². The second-order valence-corrected chi connectivity index (χ2v) is 7.40. The van der Waals surface area contributed by atoms with E-state index < -0.39 is 0 Å². The maximum atomic E-state index is 7.44. The molecule has 0 saturated carbocycles. The molecule has 0 atom stereocenters. The van der Waals surface area contributed by atoms with E-state index in [-0.39, 0.29) is 5.84 Å². The van der Waals surface area contributed by atoms with Crippen molar-refractivity contribution in [2.24, 2.45) is 5.73 Å². The van der Waals surface area contributed by atoms with Gasteiger partial charge in [-0.15, -0.1) is 0 Å². The summed E-state index contributed by atoms with van der Waals surface area (Å²) in [5.74, 6) is 1.21. The molecular formula is C14H22N4S. The minimum atomic E-state index is 0.0365. The fourth-order valence-electron chi connectivity index (χ4n) is 2.20. The predicted molar refractivity (Wildman–Crippen MR) is 81.7 cm³/mol. The molecule has 5 heteroatoms. The molecule has 19 heavy (non-hydrogen) atoms. The number of pyridine rings is 1. The number of nitrogen functional groups attached to an aromatic ring is 1. The third-order valence-corrected chi connectivity index (χ3v) is 4.81. The maximum Gasteiger partial charge on any atom is 0.141 e. The topological polar surface area (TPSA) is 66.0 Å². The van der Waals surface area contributed by atoms with E-state index in [1.165, 1.54) is 17.7 Å². The second-order valence-electron chi connectivity index (χ2n) is 5.60. The van der Waals surface area contributed by atoms with Crippen LogP contribution in [0.5, 0.6) is 0 Å². The molecule has 0 aliphatic carbocycles. The number of nitrogens with one attached hydrogen (secondary N) is 1. The number of nitrogens with two attached hydrogens (primary N) is 1. The Balaban J connectivity index is 2.01. The molecule has 0 radical (unpaired) electrons. The van der Waals surface area contributed by atoms with Crippen molar-refractivity contribution in [2.75, 3.05) is 18.8 Å². The minimum Gasteiger partial charge on any atom is -0.382 e. The summed E-state index contributed by atoms with van der Waals surface area (Å²) in [4.78, 5) is 6.57. The van der Waals surface area contributed by atoms with Gasteiger partial charge >= 0.3 is 0 Å². The largest absolute Gasteiger partial charge is 0.382 e. The van der Waals surface area contributed by atoms with Crippen LogP contribution in [-0.4, -0.2) is 39.3 Å². The van der Waals surface area contributed by atoms with Crippen LogP contribution in [0.25, 0.3) is 0 Å². The van der Waals surface area contributed by atoms with Crippen molar-refractivity contribution < 1.29 is 0 Å². The van der Waals surface area contributed by atoms with Gasteiger partial charge in [-0.2, -0.15) is 11.8 Å². The number of hydrogen-bond donors (Lipinski definition) is 2. The van der Waals surface area contributed by atoms with Crippen molar-refractivity contribution in [1.82, 2.24) is 9.88 Å². The van der Waals surface area contributed by atoms with E-state index in [9.17, 15) is 0 Å². The number of thioether (sulfide) groups is 1. The highest BCUT2D eigenvalue weighted by atomic mass is 32.2. The Morgan fingerprint density at radius 3 is 3.05 bits per heavy atom. The van der Waals surface area contributed by atoms with E-state index in [0.717, 1.165) is 19.6 Å². The Morgan fingerprint density at radius 1 is 1.53 bits per heavy atom. The van der Waals surface area contributed by atoms with E-state index in [2.05, 4.69) is 35.5 Å². The Labute approximate surface area is 119 Å². The molecule has 3 N–H and O–H groups in total. The van der Waals surface area contributed by atoms with Crippen LogP contribution in [-0.2, 0) is 6.54 Å². The van der Waals surface area contributed by atoms with Crippen LogP contribution in [0.15, 0.2) is 18.3 Å². The first-order chi connectivity index (χ1) is 8.96. The van der Waals surface area contributed by atoms with Gasteiger partial charge in [0.2, 0.25) is 0 Å².